The van der Waals surface area contributed by atoms with E-state index in [1.54, 1.807) is 36.1 Å². The van der Waals surface area contributed by atoms with Gasteiger partial charge in [-0.05, 0) is 25.1 Å². The molecule has 1 fully saturated rings. The molecule has 2 aromatic rings. The number of aliphatic imine (C=N–C) groups is 1. The van der Waals surface area contributed by atoms with Gasteiger partial charge in [0.15, 0.2) is 0 Å². The van der Waals surface area contributed by atoms with Gasteiger partial charge in [-0.25, -0.2) is 4.79 Å². The monoisotopic (exact) mass is 409 g/mol. The molecule has 1 atom stereocenters. The minimum atomic E-state index is -0.578. The highest BCUT2D eigenvalue weighted by Gasteiger charge is 2.41. The van der Waals surface area contributed by atoms with Gasteiger partial charge in [-0.2, -0.15) is 0 Å². The average Bonchev–Trinajstić information content (AvgIpc) is 2.75. The van der Waals surface area contributed by atoms with Crippen molar-refractivity contribution in [3.05, 3.63) is 59.7 Å². The molecule has 7 heteroatoms. The minimum absolute atomic E-state index is 0.160. The Morgan fingerprint density at radius 3 is 2.47 bits per heavy atom. The number of rotatable bonds is 3. The first kappa shape index (κ1) is 20.2. The van der Waals surface area contributed by atoms with Crippen LogP contribution in [-0.4, -0.2) is 52.3 Å². The summed E-state index contributed by atoms with van der Waals surface area (Å²) in [6.07, 6.45) is 1.48. The number of phenolic OH excluding ortho intramolecular Hbond substituents is 2. The van der Waals surface area contributed by atoms with Crippen LogP contribution in [0.5, 0.6) is 11.5 Å². The molecule has 4 rings (SSSR count). The van der Waals surface area contributed by atoms with E-state index in [9.17, 15) is 15.0 Å². The minimum Gasteiger partial charge on any atom is -0.508 e. The van der Waals surface area contributed by atoms with Crippen LogP contribution in [0, 0.1) is 0 Å². The first-order valence-corrected chi connectivity index (χ1v) is 10.4. The summed E-state index contributed by atoms with van der Waals surface area (Å²) in [6, 6.07) is 14.3. The molecule has 30 heavy (non-hydrogen) atoms. The van der Waals surface area contributed by atoms with Crippen molar-refractivity contribution in [2.75, 3.05) is 19.7 Å². The molecule has 0 bridgehead atoms. The largest absolute Gasteiger partial charge is 0.508 e. The van der Waals surface area contributed by atoms with Crippen LogP contribution in [0.3, 0.4) is 0 Å². The number of hydrogen-bond donors (Lipinski definition) is 3. The number of phenols is 2. The summed E-state index contributed by atoms with van der Waals surface area (Å²) in [5.41, 5.74) is 1.72. The van der Waals surface area contributed by atoms with Gasteiger partial charge < -0.3 is 19.8 Å². The van der Waals surface area contributed by atoms with Gasteiger partial charge in [-0.1, -0.05) is 30.3 Å². The van der Waals surface area contributed by atoms with Crippen LogP contribution in [0.15, 0.2) is 53.5 Å². The van der Waals surface area contributed by atoms with Crippen LogP contribution >= 0.6 is 0 Å². The van der Waals surface area contributed by atoms with E-state index >= 15 is 0 Å². The Bertz CT molecular complexity index is 951. The van der Waals surface area contributed by atoms with E-state index in [0.717, 1.165) is 11.3 Å². The second kappa shape index (κ2) is 8.36. The van der Waals surface area contributed by atoms with Crippen LogP contribution in [0.1, 0.15) is 43.4 Å². The van der Waals surface area contributed by atoms with E-state index < -0.39 is 5.66 Å². The number of likely N-dealkylation sites (tertiary alicyclic amines) is 1. The van der Waals surface area contributed by atoms with Gasteiger partial charge in [0.05, 0.1) is 6.61 Å². The van der Waals surface area contributed by atoms with E-state index in [4.69, 9.17) is 9.73 Å². The number of amides is 1. The highest BCUT2D eigenvalue weighted by Crippen LogP contribution is 2.38. The van der Waals surface area contributed by atoms with E-state index in [2.05, 4.69) is 5.32 Å². The number of carbonyl (C=O) groups excluding carboxylic acids is 1. The third-order valence-electron chi connectivity index (χ3n) is 5.83. The Morgan fingerprint density at radius 2 is 1.80 bits per heavy atom. The first-order valence-electron chi connectivity index (χ1n) is 10.4. The van der Waals surface area contributed by atoms with Crippen LogP contribution in [-0.2, 0) is 4.74 Å². The molecule has 0 radical (unpaired) electrons. The van der Waals surface area contributed by atoms with Crippen molar-refractivity contribution < 1.29 is 19.7 Å². The van der Waals surface area contributed by atoms with Crippen molar-refractivity contribution in [1.29, 1.82) is 0 Å². The fourth-order valence-corrected chi connectivity index (χ4v) is 4.29. The molecular formula is C23H27N3O4. The van der Waals surface area contributed by atoms with Crippen molar-refractivity contribution in [1.82, 2.24) is 10.2 Å². The maximum absolute atomic E-state index is 12.1. The lowest BCUT2D eigenvalue weighted by molar-refractivity contribution is 0.0778. The van der Waals surface area contributed by atoms with Gasteiger partial charge in [-0.15, -0.1) is 0 Å². The summed E-state index contributed by atoms with van der Waals surface area (Å²) in [5, 5.41) is 24.5. The number of para-hydroxylation sites is 2. The van der Waals surface area contributed by atoms with Gasteiger partial charge in [0, 0.05) is 55.2 Å². The molecule has 2 aliphatic rings. The van der Waals surface area contributed by atoms with Crippen molar-refractivity contribution in [3.63, 3.8) is 0 Å². The van der Waals surface area contributed by atoms with Crippen molar-refractivity contribution >= 4 is 11.8 Å². The lowest BCUT2D eigenvalue weighted by Gasteiger charge is -2.45. The van der Waals surface area contributed by atoms with E-state index in [0.29, 0.717) is 44.5 Å². The zero-order valence-electron chi connectivity index (χ0n) is 17.0. The zero-order chi connectivity index (χ0) is 21.1. The Kier molecular flexibility index (Phi) is 5.63. The standard InChI is InChI=1S/C23H27N3O4/c1-2-30-22(29)26-13-11-23(12-14-26)24-18(16-7-3-5-9-20(16)27)15-19(25-23)17-8-4-6-10-21(17)28/h3-10,18,24,27-28H,2,11-15H2,1H3/t18-/m0/s1. The summed E-state index contributed by atoms with van der Waals surface area (Å²) < 4.78 is 5.13. The second-order valence-electron chi connectivity index (χ2n) is 7.75. The van der Waals surface area contributed by atoms with Gasteiger partial charge >= 0.3 is 6.09 Å². The molecule has 158 valence electrons. The maximum atomic E-state index is 12.1. The number of nitrogens with zero attached hydrogens (tertiary/aromatic N) is 2. The van der Waals surface area contributed by atoms with Crippen LogP contribution in [0.25, 0.3) is 0 Å². The smallest absolute Gasteiger partial charge is 0.409 e. The van der Waals surface area contributed by atoms with E-state index in [-0.39, 0.29) is 23.6 Å². The second-order valence-corrected chi connectivity index (χ2v) is 7.75. The quantitative estimate of drug-likeness (QED) is 0.721. The number of benzene rings is 2. The summed E-state index contributed by atoms with van der Waals surface area (Å²) in [6.45, 7) is 3.20. The molecule has 1 amide bonds. The molecule has 1 spiro atoms. The molecule has 0 saturated carbocycles. The third kappa shape index (κ3) is 3.98. The number of piperidine rings is 1. The third-order valence-corrected chi connectivity index (χ3v) is 5.83. The fourth-order valence-electron chi connectivity index (χ4n) is 4.29. The number of hydrogen-bond acceptors (Lipinski definition) is 6. The molecule has 2 aliphatic heterocycles. The topological polar surface area (TPSA) is 94.4 Å². The lowest BCUT2D eigenvalue weighted by Crippen LogP contribution is -2.56. The van der Waals surface area contributed by atoms with Gasteiger partial charge in [0.1, 0.15) is 17.2 Å². The number of nitrogens with one attached hydrogen (secondary N) is 1. The predicted molar refractivity (Wildman–Crippen MR) is 114 cm³/mol. The molecule has 2 aromatic carbocycles. The molecule has 1 saturated heterocycles. The molecule has 7 nitrogen and oxygen atoms in total. The summed E-state index contributed by atoms with van der Waals surface area (Å²) in [4.78, 5) is 18.8. The predicted octanol–water partition coefficient (Wildman–Crippen LogP) is 3.57. The van der Waals surface area contributed by atoms with Gasteiger partial charge in [0.2, 0.25) is 0 Å². The first-order chi connectivity index (χ1) is 14.5. The van der Waals surface area contributed by atoms with E-state index in [1.807, 2.05) is 24.3 Å². The summed E-state index contributed by atoms with van der Waals surface area (Å²) >= 11 is 0. The molecule has 0 unspecified atom stereocenters. The Labute approximate surface area is 176 Å². The highest BCUT2D eigenvalue weighted by molar-refractivity contribution is 6.03. The van der Waals surface area contributed by atoms with Crippen LogP contribution in [0.4, 0.5) is 4.79 Å². The maximum Gasteiger partial charge on any atom is 0.409 e. The lowest BCUT2D eigenvalue weighted by atomic mass is 9.87. The molecule has 2 heterocycles. The fraction of sp³-hybridized carbons (Fsp3) is 0.391. The Balaban J connectivity index is 1.67. The number of carbonyl (C=O) groups is 1. The summed E-state index contributed by atoms with van der Waals surface area (Å²) in [5.74, 6) is 0.418. The normalized spacial score (nSPS) is 20.6. The highest BCUT2D eigenvalue weighted by atomic mass is 16.6. The van der Waals surface area contributed by atoms with Gasteiger partial charge in [-0.3, -0.25) is 10.3 Å². The van der Waals surface area contributed by atoms with Crippen molar-refractivity contribution in [2.45, 2.75) is 37.9 Å². The number of ether oxygens (including phenoxy) is 1. The Hall–Kier alpha value is -3.06. The molecule has 0 aliphatic carbocycles. The molecule has 3 N–H and O–H groups in total. The molecular weight excluding hydrogens is 382 g/mol. The van der Waals surface area contributed by atoms with Crippen LogP contribution < -0.4 is 5.32 Å². The SMILES string of the molecule is CCOC(=O)N1CCC2(CC1)N=C(c1ccccc1O)C[C@@H](c1ccccc1O)N2. The summed E-state index contributed by atoms with van der Waals surface area (Å²) in [7, 11) is 0. The van der Waals surface area contributed by atoms with Crippen molar-refractivity contribution in [2.24, 2.45) is 4.99 Å². The van der Waals surface area contributed by atoms with E-state index in [1.165, 1.54) is 0 Å². The average molecular weight is 409 g/mol. The van der Waals surface area contributed by atoms with Crippen molar-refractivity contribution in [3.8, 4) is 11.5 Å². The zero-order valence-corrected chi connectivity index (χ0v) is 17.0. The van der Waals surface area contributed by atoms with Crippen LogP contribution in [0.2, 0.25) is 0 Å². The van der Waals surface area contributed by atoms with Gasteiger partial charge in [0.25, 0.3) is 0 Å². The molecule has 0 aromatic heterocycles. The number of aromatic hydroxyl groups is 2. The Morgan fingerprint density at radius 1 is 1.13 bits per heavy atom.